The Morgan fingerprint density at radius 1 is 1.30 bits per heavy atom. The molecule has 1 aromatic heterocycles. The van der Waals surface area contributed by atoms with E-state index in [0.29, 0.717) is 6.54 Å². The van der Waals surface area contributed by atoms with Gasteiger partial charge < -0.3 is 10.6 Å². The molecule has 0 amide bonds. The molecule has 0 atom stereocenters. The Balaban J connectivity index is 1.92. The van der Waals surface area contributed by atoms with E-state index >= 15 is 0 Å². The van der Waals surface area contributed by atoms with Crippen LogP contribution in [0.15, 0.2) is 46.8 Å². The number of guanidine groups is 1. The predicted molar refractivity (Wildman–Crippen MR) is 93.9 cm³/mol. The van der Waals surface area contributed by atoms with E-state index in [1.807, 2.05) is 19.1 Å². The van der Waals surface area contributed by atoms with Crippen LogP contribution in [0.4, 0.5) is 5.69 Å². The second-order valence-corrected chi connectivity index (χ2v) is 5.91. The fourth-order valence-electron chi connectivity index (χ4n) is 2.04. The number of hydrogen-bond acceptors (Lipinski definition) is 4. The maximum Gasteiger partial charge on any atom is 0.269 e. The first kappa shape index (κ1) is 17.0. The van der Waals surface area contributed by atoms with Crippen molar-refractivity contribution in [2.24, 2.45) is 4.99 Å². The third kappa shape index (κ3) is 5.71. The molecule has 7 heteroatoms. The summed E-state index contributed by atoms with van der Waals surface area (Å²) in [6, 6.07) is 10.7. The van der Waals surface area contributed by atoms with Gasteiger partial charge in [0.05, 0.1) is 11.5 Å². The number of nitro groups is 1. The average Bonchev–Trinajstić information content (AvgIpc) is 3.06. The summed E-state index contributed by atoms with van der Waals surface area (Å²) in [4.78, 5) is 16.2. The molecule has 0 bridgehead atoms. The normalized spacial score (nSPS) is 11.3. The summed E-state index contributed by atoms with van der Waals surface area (Å²) in [7, 11) is 0. The number of nitrogens with zero attached hydrogens (tertiary/aromatic N) is 2. The first-order valence-corrected chi connectivity index (χ1v) is 8.35. The van der Waals surface area contributed by atoms with E-state index in [2.05, 4.69) is 27.1 Å². The fourth-order valence-corrected chi connectivity index (χ4v) is 2.75. The van der Waals surface area contributed by atoms with Gasteiger partial charge in [-0.1, -0.05) is 18.2 Å². The van der Waals surface area contributed by atoms with Gasteiger partial charge in [0, 0.05) is 30.1 Å². The zero-order valence-corrected chi connectivity index (χ0v) is 13.8. The van der Waals surface area contributed by atoms with E-state index < -0.39 is 4.92 Å². The monoisotopic (exact) mass is 332 g/mol. The molecule has 0 saturated carbocycles. The minimum Gasteiger partial charge on any atom is -0.357 e. The van der Waals surface area contributed by atoms with E-state index in [4.69, 9.17) is 0 Å². The van der Waals surface area contributed by atoms with Gasteiger partial charge in [0.25, 0.3) is 5.69 Å². The van der Waals surface area contributed by atoms with Crippen LogP contribution in [-0.4, -0.2) is 24.0 Å². The summed E-state index contributed by atoms with van der Waals surface area (Å²) in [5.74, 6) is 0.718. The first-order chi connectivity index (χ1) is 11.2. The van der Waals surface area contributed by atoms with E-state index in [1.165, 1.54) is 10.9 Å². The first-order valence-electron chi connectivity index (χ1n) is 7.47. The summed E-state index contributed by atoms with van der Waals surface area (Å²) >= 11 is 1.74. The molecule has 0 spiro atoms. The smallest absolute Gasteiger partial charge is 0.269 e. The topological polar surface area (TPSA) is 79.6 Å². The minimum absolute atomic E-state index is 0.0911. The van der Waals surface area contributed by atoms with Gasteiger partial charge in [-0.15, -0.1) is 11.3 Å². The largest absolute Gasteiger partial charge is 0.357 e. The molecule has 122 valence electrons. The highest BCUT2D eigenvalue weighted by atomic mass is 32.1. The van der Waals surface area contributed by atoms with Gasteiger partial charge in [-0.3, -0.25) is 10.1 Å². The zero-order chi connectivity index (χ0) is 16.5. The van der Waals surface area contributed by atoms with Crippen molar-refractivity contribution in [3.05, 3.63) is 62.3 Å². The Kier molecular flexibility index (Phi) is 6.56. The lowest BCUT2D eigenvalue weighted by atomic mass is 10.2. The summed E-state index contributed by atoms with van der Waals surface area (Å²) in [6.45, 7) is 3.96. The molecule has 1 aromatic carbocycles. The molecule has 0 aliphatic carbocycles. The van der Waals surface area contributed by atoms with E-state index in [0.717, 1.165) is 31.0 Å². The van der Waals surface area contributed by atoms with Crippen molar-refractivity contribution in [3.63, 3.8) is 0 Å². The Labute approximate surface area is 139 Å². The molecule has 0 radical (unpaired) electrons. The molecule has 2 rings (SSSR count). The number of aliphatic imine (C=N–C) groups is 1. The van der Waals surface area contributed by atoms with Gasteiger partial charge in [0.2, 0.25) is 0 Å². The fraction of sp³-hybridized carbons (Fsp3) is 0.312. The van der Waals surface area contributed by atoms with Crippen LogP contribution in [-0.2, 0) is 13.0 Å². The average molecular weight is 332 g/mol. The number of nitrogens with one attached hydrogen (secondary N) is 2. The van der Waals surface area contributed by atoms with Gasteiger partial charge in [-0.2, -0.15) is 0 Å². The molecular weight excluding hydrogens is 312 g/mol. The maximum absolute atomic E-state index is 10.8. The van der Waals surface area contributed by atoms with E-state index in [-0.39, 0.29) is 5.69 Å². The third-order valence-electron chi connectivity index (χ3n) is 3.13. The van der Waals surface area contributed by atoms with Crippen LogP contribution in [0.3, 0.4) is 0 Å². The molecule has 2 aromatic rings. The van der Waals surface area contributed by atoms with Crippen LogP contribution < -0.4 is 10.6 Å². The molecule has 6 nitrogen and oxygen atoms in total. The second-order valence-electron chi connectivity index (χ2n) is 4.88. The van der Waals surface area contributed by atoms with Gasteiger partial charge >= 0.3 is 0 Å². The van der Waals surface area contributed by atoms with Gasteiger partial charge in [-0.25, -0.2) is 4.99 Å². The van der Waals surface area contributed by atoms with Crippen LogP contribution in [0, 0.1) is 10.1 Å². The molecule has 0 fully saturated rings. The lowest BCUT2D eigenvalue weighted by Crippen LogP contribution is -2.38. The quantitative estimate of drug-likeness (QED) is 0.354. The van der Waals surface area contributed by atoms with Crippen molar-refractivity contribution in [3.8, 4) is 0 Å². The molecule has 0 aliphatic rings. The summed E-state index contributed by atoms with van der Waals surface area (Å²) in [6.07, 6.45) is 0.943. The lowest BCUT2D eigenvalue weighted by Gasteiger charge is -2.10. The van der Waals surface area contributed by atoms with E-state index in [1.54, 1.807) is 23.5 Å². The van der Waals surface area contributed by atoms with Crippen LogP contribution in [0.25, 0.3) is 0 Å². The highest BCUT2D eigenvalue weighted by Gasteiger charge is 2.05. The Morgan fingerprint density at radius 3 is 2.87 bits per heavy atom. The van der Waals surface area contributed by atoms with Crippen molar-refractivity contribution in [2.75, 3.05) is 13.1 Å². The van der Waals surface area contributed by atoms with Gasteiger partial charge in [0.15, 0.2) is 5.96 Å². The Hall–Kier alpha value is -2.41. The standard InChI is InChI=1S/C16H20N4O2S/c1-2-17-16(18-9-8-15-7-4-10-23-15)19-12-13-5-3-6-14(11-13)20(21)22/h3-7,10-11H,2,8-9,12H2,1H3,(H2,17,18,19). The van der Waals surface area contributed by atoms with E-state index in [9.17, 15) is 10.1 Å². The number of nitro benzene ring substituents is 1. The maximum atomic E-state index is 10.8. The van der Waals surface area contributed by atoms with Crippen molar-refractivity contribution >= 4 is 23.0 Å². The predicted octanol–water partition coefficient (Wildman–Crippen LogP) is 2.95. The summed E-state index contributed by atoms with van der Waals surface area (Å²) < 4.78 is 0. The SMILES string of the molecule is CCNC(=NCc1cccc([N+](=O)[O-])c1)NCCc1cccs1. The molecule has 23 heavy (non-hydrogen) atoms. The third-order valence-corrected chi connectivity index (χ3v) is 4.07. The highest BCUT2D eigenvalue weighted by molar-refractivity contribution is 7.09. The number of hydrogen-bond donors (Lipinski definition) is 2. The minimum atomic E-state index is -0.391. The Bertz CT molecular complexity index is 656. The van der Waals surface area contributed by atoms with Crippen LogP contribution in [0.5, 0.6) is 0 Å². The molecule has 0 saturated heterocycles. The highest BCUT2D eigenvalue weighted by Crippen LogP contribution is 2.13. The Morgan fingerprint density at radius 2 is 2.17 bits per heavy atom. The molecule has 2 N–H and O–H groups in total. The van der Waals surface area contributed by atoms with Crippen LogP contribution >= 0.6 is 11.3 Å². The van der Waals surface area contributed by atoms with Gasteiger partial charge in [0.1, 0.15) is 0 Å². The molecule has 1 heterocycles. The lowest BCUT2D eigenvalue weighted by molar-refractivity contribution is -0.384. The zero-order valence-electron chi connectivity index (χ0n) is 13.0. The van der Waals surface area contributed by atoms with Crippen molar-refractivity contribution in [2.45, 2.75) is 19.9 Å². The summed E-state index contributed by atoms with van der Waals surface area (Å²) in [5, 5.41) is 19.3. The van der Waals surface area contributed by atoms with Crippen LogP contribution in [0.2, 0.25) is 0 Å². The van der Waals surface area contributed by atoms with Crippen molar-refractivity contribution in [1.82, 2.24) is 10.6 Å². The number of non-ortho nitro benzene ring substituents is 1. The second kappa shape index (κ2) is 8.89. The molecule has 0 unspecified atom stereocenters. The van der Waals surface area contributed by atoms with Gasteiger partial charge in [-0.05, 0) is 30.4 Å². The van der Waals surface area contributed by atoms with Crippen molar-refractivity contribution < 1.29 is 4.92 Å². The van der Waals surface area contributed by atoms with Crippen molar-refractivity contribution in [1.29, 1.82) is 0 Å². The van der Waals surface area contributed by atoms with Crippen LogP contribution in [0.1, 0.15) is 17.4 Å². The number of thiophene rings is 1. The molecule has 0 aliphatic heterocycles. The molecular formula is C16H20N4O2S. The number of benzene rings is 1. The summed E-state index contributed by atoms with van der Waals surface area (Å²) in [5.41, 5.74) is 0.906. The number of rotatable bonds is 7.